The summed E-state index contributed by atoms with van der Waals surface area (Å²) < 4.78 is 27.4. The lowest BCUT2D eigenvalue weighted by Gasteiger charge is -2.26. The molecule has 0 fully saturated rings. The van der Waals surface area contributed by atoms with Crippen molar-refractivity contribution in [3.63, 3.8) is 0 Å². The van der Waals surface area contributed by atoms with Gasteiger partial charge >= 0.3 is 0 Å². The zero-order chi connectivity index (χ0) is 20.3. The van der Waals surface area contributed by atoms with Crippen LogP contribution in [0.3, 0.4) is 0 Å². The first-order valence-electron chi connectivity index (χ1n) is 9.59. The molecule has 4 rings (SSSR count). The van der Waals surface area contributed by atoms with Crippen molar-refractivity contribution in [2.75, 3.05) is 4.72 Å². The van der Waals surface area contributed by atoms with Gasteiger partial charge in [-0.3, -0.25) is 9.52 Å². The largest absolute Gasteiger partial charge is 0.345 e. The lowest BCUT2D eigenvalue weighted by atomic mass is 9.87. The molecule has 0 saturated carbocycles. The SMILES string of the molecule is O=C(N[C@@H]1CCCc2ccccc21)c1ccc(NS(=O)(=O)c2ccccc2)cc1. The number of fused-ring (bicyclic) bond motifs is 1. The highest BCUT2D eigenvalue weighted by Gasteiger charge is 2.22. The van der Waals surface area contributed by atoms with Gasteiger partial charge in [-0.2, -0.15) is 0 Å². The summed E-state index contributed by atoms with van der Waals surface area (Å²) in [4.78, 5) is 12.9. The molecule has 1 amide bonds. The monoisotopic (exact) mass is 406 g/mol. The molecule has 148 valence electrons. The van der Waals surface area contributed by atoms with E-state index in [-0.39, 0.29) is 16.8 Å². The fraction of sp³-hybridized carbons (Fsp3) is 0.174. The van der Waals surface area contributed by atoms with Gasteiger partial charge in [-0.1, -0.05) is 42.5 Å². The second-order valence-electron chi connectivity index (χ2n) is 7.11. The third-order valence-corrected chi connectivity index (χ3v) is 6.52. The zero-order valence-corrected chi connectivity index (χ0v) is 16.7. The van der Waals surface area contributed by atoms with Crippen LogP contribution in [0.1, 0.15) is 40.4 Å². The third kappa shape index (κ3) is 4.32. The Morgan fingerprint density at radius 3 is 2.31 bits per heavy atom. The number of carbonyl (C=O) groups is 1. The molecule has 0 unspecified atom stereocenters. The van der Waals surface area contributed by atoms with Gasteiger partial charge in [-0.15, -0.1) is 0 Å². The zero-order valence-electron chi connectivity index (χ0n) is 15.8. The highest BCUT2D eigenvalue weighted by molar-refractivity contribution is 7.92. The average Bonchev–Trinajstić information content (AvgIpc) is 2.75. The summed E-state index contributed by atoms with van der Waals surface area (Å²) >= 11 is 0. The van der Waals surface area contributed by atoms with Crippen molar-refractivity contribution in [3.8, 4) is 0 Å². The smallest absolute Gasteiger partial charge is 0.261 e. The van der Waals surface area contributed by atoms with E-state index in [0.717, 1.165) is 19.3 Å². The van der Waals surface area contributed by atoms with Crippen LogP contribution in [-0.4, -0.2) is 14.3 Å². The van der Waals surface area contributed by atoms with Gasteiger partial charge in [0.1, 0.15) is 0 Å². The van der Waals surface area contributed by atoms with Crippen LogP contribution in [0.4, 0.5) is 5.69 Å². The van der Waals surface area contributed by atoms with Crippen LogP contribution in [-0.2, 0) is 16.4 Å². The topological polar surface area (TPSA) is 75.3 Å². The Morgan fingerprint density at radius 1 is 0.862 bits per heavy atom. The molecule has 0 aliphatic heterocycles. The van der Waals surface area contributed by atoms with Crippen molar-refractivity contribution in [2.24, 2.45) is 0 Å². The Labute approximate surface area is 170 Å². The van der Waals surface area contributed by atoms with Gasteiger partial charge in [0.15, 0.2) is 0 Å². The van der Waals surface area contributed by atoms with E-state index in [9.17, 15) is 13.2 Å². The number of sulfonamides is 1. The van der Waals surface area contributed by atoms with Crippen molar-refractivity contribution in [1.82, 2.24) is 5.32 Å². The first kappa shape index (κ1) is 19.2. The molecule has 29 heavy (non-hydrogen) atoms. The number of benzene rings is 3. The molecular formula is C23H22N2O3S. The van der Waals surface area contributed by atoms with Gasteiger partial charge in [-0.05, 0) is 66.8 Å². The van der Waals surface area contributed by atoms with E-state index in [4.69, 9.17) is 0 Å². The molecule has 0 heterocycles. The number of nitrogens with one attached hydrogen (secondary N) is 2. The van der Waals surface area contributed by atoms with Crippen LogP contribution in [0, 0.1) is 0 Å². The molecule has 1 aliphatic carbocycles. The van der Waals surface area contributed by atoms with E-state index in [1.54, 1.807) is 42.5 Å². The highest BCUT2D eigenvalue weighted by Crippen LogP contribution is 2.29. The van der Waals surface area contributed by atoms with E-state index in [0.29, 0.717) is 11.3 Å². The van der Waals surface area contributed by atoms with Gasteiger partial charge in [0.05, 0.1) is 10.9 Å². The molecule has 1 aliphatic rings. The van der Waals surface area contributed by atoms with Crippen LogP contribution in [0.15, 0.2) is 83.8 Å². The normalized spacial score (nSPS) is 15.9. The lowest BCUT2D eigenvalue weighted by Crippen LogP contribution is -2.30. The van der Waals surface area contributed by atoms with Crippen molar-refractivity contribution >= 4 is 21.6 Å². The molecule has 0 radical (unpaired) electrons. The molecule has 0 spiro atoms. The van der Waals surface area contributed by atoms with Crippen LogP contribution in [0.5, 0.6) is 0 Å². The van der Waals surface area contributed by atoms with Crippen molar-refractivity contribution < 1.29 is 13.2 Å². The van der Waals surface area contributed by atoms with Crippen molar-refractivity contribution in [1.29, 1.82) is 0 Å². The Balaban J connectivity index is 1.45. The summed E-state index contributed by atoms with van der Waals surface area (Å²) in [6, 6.07) is 22.8. The number of anilines is 1. The maximum atomic E-state index is 12.7. The van der Waals surface area contributed by atoms with Gasteiger partial charge < -0.3 is 5.32 Å². The van der Waals surface area contributed by atoms with E-state index in [2.05, 4.69) is 22.2 Å². The Hall–Kier alpha value is -3.12. The summed E-state index contributed by atoms with van der Waals surface area (Å²) in [6.07, 6.45) is 3.00. The van der Waals surface area contributed by atoms with Gasteiger partial charge in [0, 0.05) is 11.3 Å². The molecule has 3 aromatic carbocycles. The third-order valence-electron chi connectivity index (χ3n) is 5.13. The first-order valence-corrected chi connectivity index (χ1v) is 11.1. The number of hydrogen-bond acceptors (Lipinski definition) is 3. The van der Waals surface area contributed by atoms with Crippen LogP contribution < -0.4 is 10.0 Å². The lowest BCUT2D eigenvalue weighted by molar-refractivity contribution is 0.0933. The van der Waals surface area contributed by atoms with E-state index < -0.39 is 10.0 Å². The Morgan fingerprint density at radius 2 is 1.55 bits per heavy atom. The highest BCUT2D eigenvalue weighted by atomic mass is 32.2. The molecule has 0 saturated heterocycles. The van der Waals surface area contributed by atoms with E-state index in [1.807, 2.05) is 12.1 Å². The number of aryl methyl sites for hydroxylation is 1. The molecule has 0 bridgehead atoms. The number of hydrogen-bond donors (Lipinski definition) is 2. The molecule has 5 nitrogen and oxygen atoms in total. The maximum Gasteiger partial charge on any atom is 0.261 e. The summed E-state index contributed by atoms with van der Waals surface area (Å²) in [7, 11) is -3.65. The van der Waals surface area contributed by atoms with E-state index in [1.165, 1.54) is 23.3 Å². The van der Waals surface area contributed by atoms with Crippen molar-refractivity contribution in [3.05, 3.63) is 95.6 Å². The summed E-state index contributed by atoms with van der Waals surface area (Å²) in [6.45, 7) is 0. The Kier molecular flexibility index (Phi) is 5.36. The van der Waals surface area contributed by atoms with Crippen molar-refractivity contribution in [2.45, 2.75) is 30.2 Å². The molecule has 0 aromatic heterocycles. The first-order chi connectivity index (χ1) is 14.0. The minimum absolute atomic E-state index is 0.00344. The van der Waals surface area contributed by atoms with Crippen LogP contribution in [0.25, 0.3) is 0 Å². The minimum atomic E-state index is -3.65. The maximum absolute atomic E-state index is 12.7. The fourth-order valence-corrected chi connectivity index (χ4v) is 4.73. The predicted octanol–water partition coefficient (Wildman–Crippen LogP) is 4.29. The number of carbonyl (C=O) groups excluding carboxylic acids is 1. The molecule has 2 N–H and O–H groups in total. The van der Waals surface area contributed by atoms with Crippen LogP contribution in [0.2, 0.25) is 0 Å². The minimum Gasteiger partial charge on any atom is -0.345 e. The second kappa shape index (κ2) is 8.09. The fourth-order valence-electron chi connectivity index (χ4n) is 3.65. The van der Waals surface area contributed by atoms with Gasteiger partial charge in [0.25, 0.3) is 15.9 Å². The molecular weight excluding hydrogens is 384 g/mol. The summed E-state index contributed by atoms with van der Waals surface area (Å²) in [5.41, 5.74) is 3.37. The molecule has 6 heteroatoms. The van der Waals surface area contributed by atoms with Gasteiger partial charge in [-0.25, -0.2) is 8.42 Å². The quantitative estimate of drug-likeness (QED) is 0.664. The number of amides is 1. The molecule has 1 atom stereocenters. The standard InChI is InChI=1S/C23H22N2O3S/c26-23(24-22-12-6-8-17-7-4-5-11-21(17)22)18-13-15-19(16-14-18)25-29(27,28)20-9-2-1-3-10-20/h1-5,7,9-11,13-16,22,25H,6,8,12H2,(H,24,26)/t22-/m1/s1. The van der Waals surface area contributed by atoms with Gasteiger partial charge in [0.2, 0.25) is 0 Å². The number of rotatable bonds is 5. The summed E-state index contributed by atoms with van der Waals surface area (Å²) in [5.74, 6) is -0.163. The van der Waals surface area contributed by atoms with Crippen LogP contribution >= 0.6 is 0 Å². The predicted molar refractivity (Wildman–Crippen MR) is 113 cm³/mol. The molecule has 3 aromatic rings. The average molecular weight is 407 g/mol. The second-order valence-corrected chi connectivity index (χ2v) is 8.80. The summed E-state index contributed by atoms with van der Waals surface area (Å²) in [5, 5.41) is 3.11. The van der Waals surface area contributed by atoms with E-state index >= 15 is 0 Å². The Bertz CT molecular complexity index is 1110.